The van der Waals surface area contributed by atoms with Gasteiger partial charge in [-0.05, 0) is 47.1 Å². The molecule has 2 rings (SSSR count). The molecule has 0 spiro atoms. The van der Waals surface area contributed by atoms with Gasteiger partial charge in [0.05, 0.1) is 6.04 Å². The van der Waals surface area contributed by atoms with Gasteiger partial charge in [-0.3, -0.25) is 0 Å². The van der Waals surface area contributed by atoms with Crippen molar-refractivity contribution in [3.8, 4) is 0 Å². The van der Waals surface area contributed by atoms with Crippen molar-refractivity contribution in [2.24, 2.45) is 0 Å². The summed E-state index contributed by atoms with van der Waals surface area (Å²) in [5.41, 5.74) is 1.66. The van der Waals surface area contributed by atoms with E-state index in [2.05, 4.69) is 5.32 Å². The number of benzene rings is 1. The Morgan fingerprint density at radius 2 is 2.24 bits per heavy atom. The molecule has 0 saturated heterocycles. The molecule has 1 aromatic carbocycles. The molecular weight excluding hydrogens is 257 g/mol. The normalized spacial score (nSPS) is 12.6. The molecule has 0 bridgehead atoms. The minimum atomic E-state index is -0.230. The Bertz CT molecular complexity index is 484. The summed E-state index contributed by atoms with van der Waals surface area (Å²) < 4.78 is 13.8. The van der Waals surface area contributed by atoms with Gasteiger partial charge in [0, 0.05) is 10.6 Å². The second-order valence-electron chi connectivity index (χ2n) is 3.71. The van der Waals surface area contributed by atoms with Crippen molar-refractivity contribution in [1.82, 2.24) is 5.32 Å². The van der Waals surface area contributed by atoms with Gasteiger partial charge in [-0.15, -0.1) is 0 Å². The fourth-order valence-corrected chi connectivity index (χ4v) is 2.65. The Kier molecular flexibility index (Phi) is 4.15. The summed E-state index contributed by atoms with van der Waals surface area (Å²) in [4.78, 5) is 0. The van der Waals surface area contributed by atoms with Crippen LogP contribution in [0.1, 0.15) is 24.1 Å². The van der Waals surface area contributed by atoms with E-state index < -0.39 is 0 Å². The third kappa shape index (κ3) is 2.86. The highest BCUT2D eigenvalue weighted by Crippen LogP contribution is 2.28. The highest BCUT2D eigenvalue weighted by molar-refractivity contribution is 7.08. The van der Waals surface area contributed by atoms with Gasteiger partial charge in [-0.25, -0.2) is 4.39 Å². The molecule has 1 unspecified atom stereocenters. The van der Waals surface area contributed by atoms with E-state index in [9.17, 15) is 4.39 Å². The highest BCUT2D eigenvalue weighted by atomic mass is 35.5. The van der Waals surface area contributed by atoms with Gasteiger partial charge in [0.1, 0.15) is 5.82 Å². The first-order chi connectivity index (χ1) is 8.22. The topological polar surface area (TPSA) is 12.0 Å². The van der Waals surface area contributed by atoms with Crippen molar-refractivity contribution in [3.05, 3.63) is 57.0 Å². The second-order valence-corrected chi connectivity index (χ2v) is 4.93. The van der Waals surface area contributed by atoms with E-state index in [1.807, 2.05) is 23.8 Å². The molecule has 17 heavy (non-hydrogen) atoms. The SMILES string of the molecule is CCNC(c1ccsc1)c1cc(Cl)ccc1F. The van der Waals surface area contributed by atoms with E-state index in [1.165, 1.54) is 6.07 Å². The number of thiophene rings is 1. The Morgan fingerprint density at radius 3 is 2.88 bits per heavy atom. The lowest BCUT2D eigenvalue weighted by Gasteiger charge is -2.18. The van der Waals surface area contributed by atoms with Crippen LogP contribution in [-0.4, -0.2) is 6.54 Å². The van der Waals surface area contributed by atoms with Gasteiger partial charge in [0.2, 0.25) is 0 Å². The molecule has 90 valence electrons. The molecule has 0 aliphatic rings. The van der Waals surface area contributed by atoms with Crippen molar-refractivity contribution in [1.29, 1.82) is 0 Å². The fourth-order valence-electron chi connectivity index (χ4n) is 1.79. The third-order valence-electron chi connectivity index (χ3n) is 2.55. The second kappa shape index (κ2) is 5.63. The predicted octanol–water partition coefficient (Wildman–Crippen LogP) is 4.24. The number of rotatable bonds is 4. The van der Waals surface area contributed by atoms with Crippen LogP contribution in [0.4, 0.5) is 4.39 Å². The maximum absolute atomic E-state index is 13.8. The molecule has 1 heterocycles. The number of hydrogen-bond donors (Lipinski definition) is 1. The van der Waals surface area contributed by atoms with E-state index >= 15 is 0 Å². The molecule has 0 fully saturated rings. The average molecular weight is 270 g/mol. The van der Waals surface area contributed by atoms with Crippen molar-refractivity contribution < 1.29 is 4.39 Å². The minimum Gasteiger partial charge on any atom is -0.306 e. The molecule has 1 nitrogen and oxygen atoms in total. The number of halogens is 2. The Morgan fingerprint density at radius 1 is 1.41 bits per heavy atom. The van der Waals surface area contributed by atoms with Gasteiger partial charge in [-0.1, -0.05) is 18.5 Å². The largest absolute Gasteiger partial charge is 0.306 e. The maximum atomic E-state index is 13.8. The van der Waals surface area contributed by atoms with Crippen molar-refractivity contribution in [2.45, 2.75) is 13.0 Å². The van der Waals surface area contributed by atoms with Crippen LogP contribution in [0.15, 0.2) is 35.0 Å². The Hall–Kier alpha value is -0.900. The van der Waals surface area contributed by atoms with Gasteiger partial charge < -0.3 is 5.32 Å². The quantitative estimate of drug-likeness (QED) is 0.875. The van der Waals surface area contributed by atoms with Crippen molar-refractivity contribution in [3.63, 3.8) is 0 Å². The third-order valence-corrected chi connectivity index (χ3v) is 3.49. The van der Waals surface area contributed by atoms with Crippen LogP contribution < -0.4 is 5.32 Å². The van der Waals surface area contributed by atoms with Crippen LogP contribution in [0.3, 0.4) is 0 Å². The molecule has 1 aromatic heterocycles. The summed E-state index contributed by atoms with van der Waals surface area (Å²) in [7, 11) is 0. The number of hydrogen-bond acceptors (Lipinski definition) is 2. The zero-order valence-corrected chi connectivity index (χ0v) is 11.0. The van der Waals surface area contributed by atoms with Crippen LogP contribution >= 0.6 is 22.9 Å². The molecule has 1 N–H and O–H groups in total. The van der Waals surface area contributed by atoms with Gasteiger partial charge in [0.15, 0.2) is 0 Å². The van der Waals surface area contributed by atoms with Crippen LogP contribution in [0.2, 0.25) is 5.02 Å². The summed E-state index contributed by atoms with van der Waals surface area (Å²) >= 11 is 7.53. The predicted molar refractivity (Wildman–Crippen MR) is 71.2 cm³/mol. The van der Waals surface area contributed by atoms with Crippen molar-refractivity contribution in [2.75, 3.05) is 6.54 Å². The lowest BCUT2D eigenvalue weighted by Crippen LogP contribution is -2.22. The first kappa shape index (κ1) is 12.6. The molecule has 1 atom stereocenters. The molecule has 0 radical (unpaired) electrons. The molecule has 2 aromatic rings. The Labute approximate surface area is 109 Å². The average Bonchev–Trinajstić information content (AvgIpc) is 2.83. The molecule has 0 aliphatic carbocycles. The molecular formula is C13H13ClFNS. The molecule has 4 heteroatoms. The van der Waals surface area contributed by atoms with E-state index in [0.29, 0.717) is 10.6 Å². The summed E-state index contributed by atoms with van der Waals surface area (Å²) in [6.45, 7) is 2.77. The van der Waals surface area contributed by atoms with E-state index in [4.69, 9.17) is 11.6 Å². The summed E-state index contributed by atoms with van der Waals surface area (Å²) in [6.07, 6.45) is 0. The lowest BCUT2D eigenvalue weighted by molar-refractivity contribution is 0.560. The minimum absolute atomic E-state index is 0.134. The van der Waals surface area contributed by atoms with Crippen LogP contribution in [0, 0.1) is 5.82 Å². The van der Waals surface area contributed by atoms with E-state index in [1.54, 1.807) is 23.5 Å². The van der Waals surface area contributed by atoms with Crippen LogP contribution in [0.25, 0.3) is 0 Å². The first-order valence-corrected chi connectivity index (χ1v) is 6.75. The van der Waals surface area contributed by atoms with E-state index in [0.717, 1.165) is 12.1 Å². The van der Waals surface area contributed by atoms with Crippen LogP contribution in [0.5, 0.6) is 0 Å². The lowest BCUT2D eigenvalue weighted by atomic mass is 10.0. The first-order valence-electron chi connectivity index (χ1n) is 5.42. The van der Waals surface area contributed by atoms with Gasteiger partial charge in [-0.2, -0.15) is 11.3 Å². The summed E-state index contributed by atoms with van der Waals surface area (Å²) in [6, 6.07) is 6.52. The zero-order chi connectivity index (χ0) is 12.3. The standard InChI is InChI=1S/C13H13ClFNS/c1-2-16-13(9-5-6-17-8-9)11-7-10(14)3-4-12(11)15/h3-8,13,16H,2H2,1H3. The Balaban J connectivity index is 2.42. The zero-order valence-electron chi connectivity index (χ0n) is 9.41. The molecule has 0 amide bonds. The van der Waals surface area contributed by atoms with E-state index in [-0.39, 0.29) is 11.9 Å². The van der Waals surface area contributed by atoms with Crippen molar-refractivity contribution >= 4 is 22.9 Å². The monoisotopic (exact) mass is 269 g/mol. The maximum Gasteiger partial charge on any atom is 0.128 e. The molecule has 0 saturated carbocycles. The fraction of sp³-hybridized carbons (Fsp3) is 0.231. The smallest absolute Gasteiger partial charge is 0.128 e. The highest BCUT2D eigenvalue weighted by Gasteiger charge is 2.17. The molecule has 0 aliphatic heterocycles. The summed E-state index contributed by atoms with van der Waals surface area (Å²) in [5.74, 6) is -0.230. The van der Waals surface area contributed by atoms with Gasteiger partial charge >= 0.3 is 0 Å². The van der Waals surface area contributed by atoms with Gasteiger partial charge in [0.25, 0.3) is 0 Å². The summed E-state index contributed by atoms with van der Waals surface area (Å²) in [5, 5.41) is 7.84. The van der Waals surface area contributed by atoms with Crippen LogP contribution in [-0.2, 0) is 0 Å². The number of nitrogens with one attached hydrogen (secondary N) is 1.